The fourth-order valence-electron chi connectivity index (χ4n) is 2.31. The average Bonchev–Trinajstić information content (AvgIpc) is 3.13. The van der Waals surface area contributed by atoms with E-state index >= 15 is 0 Å². The molecule has 27 heavy (non-hydrogen) atoms. The first-order chi connectivity index (χ1) is 13.1. The molecule has 0 spiro atoms. The van der Waals surface area contributed by atoms with Crippen molar-refractivity contribution in [3.05, 3.63) is 41.7 Å². The number of rotatable bonds is 13. The highest BCUT2D eigenvalue weighted by Crippen LogP contribution is 2.17. The minimum absolute atomic E-state index is 0.0467. The van der Waals surface area contributed by atoms with Gasteiger partial charge in [-0.2, -0.15) is 0 Å². The van der Waals surface area contributed by atoms with Gasteiger partial charge in [-0.05, 0) is 12.1 Å². The van der Waals surface area contributed by atoms with Crippen molar-refractivity contribution in [1.82, 2.24) is 15.0 Å². The van der Waals surface area contributed by atoms with Gasteiger partial charge in [0.1, 0.15) is 18.1 Å². The number of hydrogen-bond donors (Lipinski definition) is 1. The molecule has 0 unspecified atom stereocenters. The van der Waals surface area contributed by atoms with E-state index in [-0.39, 0.29) is 18.3 Å². The van der Waals surface area contributed by atoms with Crippen molar-refractivity contribution in [1.29, 1.82) is 0 Å². The van der Waals surface area contributed by atoms with Crippen molar-refractivity contribution in [3.8, 4) is 5.75 Å². The number of carbonyl (C=O) groups is 1. The maximum atomic E-state index is 12.1. The lowest BCUT2D eigenvalue weighted by atomic mass is 10.0. The van der Waals surface area contributed by atoms with Crippen molar-refractivity contribution in [3.63, 3.8) is 0 Å². The van der Waals surface area contributed by atoms with Crippen molar-refractivity contribution in [2.45, 2.75) is 27.0 Å². The van der Waals surface area contributed by atoms with Crippen LogP contribution in [0.2, 0.25) is 0 Å². The fourth-order valence-corrected chi connectivity index (χ4v) is 2.31. The van der Waals surface area contributed by atoms with Gasteiger partial charge in [0.25, 0.3) is 0 Å². The third kappa shape index (κ3) is 7.46. The van der Waals surface area contributed by atoms with Gasteiger partial charge in [-0.25, -0.2) is 4.68 Å². The summed E-state index contributed by atoms with van der Waals surface area (Å²) in [5.74, 6) is 0.686. The molecule has 0 bridgehead atoms. The third-order valence-electron chi connectivity index (χ3n) is 3.71. The SMILES string of the molecule is CC(C)C(=O)c1cccc(OCc2cn(CCOCCOCCN)nn2)c1. The zero-order chi connectivity index (χ0) is 19.5. The molecule has 1 aromatic heterocycles. The van der Waals surface area contributed by atoms with Crippen LogP contribution in [0, 0.1) is 5.92 Å². The Morgan fingerprint density at radius 1 is 1.19 bits per heavy atom. The summed E-state index contributed by atoms with van der Waals surface area (Å²) in [6.07, 6.45) is 1.82. The second kappa shape index (κ2) is 11.4. The minimum atomic E-state index is -0.0467. The first kappa shape index (κ1) is 21.0. The van der Waals surface area contributed by atoms with Gasteiger partial charge in [0.2, 0.25) is 0 Å². The topological polar surface area (TPSA) is 101 Å². The molecule has 0 fully saturated rings. The number of hydrogen-bond acceptors (Lipinski definition) is 7. The van der Waals surface area contributed by atoms with Crippen LogP contribution in [0.5, 0.6) is 5.75 Å². The predicted molar refractivity (Wildman–Crippen MR) is 101 cm³/mol. The zero-order valence-electron chi connectivity index (χ0n) is 16.0. The quantitative estimate of drug-likeness (QED) is 0.419. The van der Waals surface area contributed by atoms with Crippen LogP contribution in [0.3, 0.4) is 0 Å². The van der Waals surface area contributed by atoms with Crippen molar-refractivity contribution >= 4 is 5.78 Å². The highest BCUT2D eigenvalue weighted by atomic mass is 16.5. The number of nitrogens with zero attached hydrogens (tertiary/aromatic N) is 3. The highest BCUT2D eigenvalue weighted by molar-refractivity contribution is 5.97. The summed E-state index contributed by atoms with van der Waals surface area (Å²) in [5.41, 5.74) is 6.69. The monoisotopic (exact) mass is 376 g/mol. The van der Waals surface area contributed by atoms with E-state index in [9.17, 15) is 4.79 Å². The van der Waals surface area contributed by atoms with Crippen LogP contribution in [0.1, 0.15) is 29.9 Å². The summed E-state index contributed by atoms with van der Waals surface area (Å²) >= 11 is 0. The van der Waals surface area contributed by atoms with Gasteiger partial charge in [0.05, 0.1) is 39.2 Å². The molecule has 0 amide bonds. The summed E-state index contributed by atoms with van der Waals surface area (Å²) in [4.78, 5) is 12.1. The standard InChI is InChI=1S/C19H28N4O4/c1-15(2)19(24)16-4-3-5-18(12-16)27-14-17-13-23(22-21-17)7-9-26-11-10-25-8-6-20/h3-5,12-13,15H,6-11,14,20H2,1-2H3. The number of carbonyl (C=O) groups excluding carboxylic acids is 1. The Labute approximate surface area is 159 Å². The molecule has 0 atom stereocenters. The number of Topliss-reactive ketones (excluding diaryl/α,β-unsaturated/α-hetero) is 1. The Bertz CT molecular complexity index is 703. The summed E-state index contributed by atoms with van der Waals surface area (Å²) < 4.78 is 18.1. The average molecular weight is 376 g/mol. The molecular formula is C19H28N4O4. The van der Waals surface area contributed by atoms with Crippen molar-refractivity contribution in [2.24, 2.45) is 11.7 Å². The van der Waals surface area contributed by atoms with E-state index in [2.05, 4.69) is 10.3 Å². The first-order valence-corrected chi connectivity index (χ1v) is 9.11. The Morgan fingerprint density at radius 2 is 1.96 bits per heavy atom. The molecule has 1 aromatic carbocycles. The van der Waals surface area contributed by atoms with E-state index in [1.165, 1.54) is 0 Å². The van der Waals surface area contributed by atoms with Crippen molar-refractivity contribution < 1.29 is 19.0 Å². The number of benzene rings is 1. The largest absolute Gasteiger partial charge is 0.487 e. The molecule has 0 saturated carbocycles. The van der Waals surface area contributed by atoms with Gasteiger partial charge in [-0.15, -0.1) is 5.10 Å². The second-order valence-corrected chi connectivity index (χ2v) is 6.32. The molecule has 2 N–H and O–H groups in total. The molecule has 148 valence electrons. The van der Waals surface area contributed by atoms with Gasteiger partial charge in [-0.3, -0.25) is 4.79 Å². The number of aromatic nitrogens is 3. The molecule has 8 nitrogen and oxygen atoms in total. The zero-order valence-corrected chi connectivity index (χ0v) is 16.0. The number of ether oxygens (including phenoxy) is 3. The summed E-state index contributed by atoms with van der Waals surface area (Å²) in [7, 11) is 0. The Balaban J connectivity index is 1.73. The van der Waals surface area contributed by atoms with Gasteiger partial charge in [0, 0.05) is 18.0 Å². The molecular weight excluding hydrogens is 348 g/mol. The Kier molecular flexibility index (Phi) is 8.90. The fraction of sp³-hybridized carbons (Fsp3) is 0.526. The second-order valence-electron chi connectivity index (χ2n) is 6.32. The van der Waals surface area contributed by atoms with Gasteiger partial charge >= 0.3 is 0 Å². The first-order valence-electron chi connectivity index (χ1n) is 9.11. The summed E-state index contributed by atoms with van der Waals surface area (Å²) in [5, 5.41) is 8.13. The van der Waals surface area contributed by atoms with Gasteiger partial charge in [-0.1, -0.05) is 31.2 Å². The van der Waals surface area contributed by atoms with E-state index < -0.39 is 0 Å². The maximum Gasteiger partial charge on any atom is 0.165 e. The molecule has 2 rings (SSSR count). The highest BCUT2D eigenvalue weighted by Gasteiger charge is 2.11. The van der Waals surface area contributed by atoms with E-state index in [0.717, 1.165) is 0 Å². The van der Waals surface area contributed by atoms with Crippen LogP contribution >= 0.6 is 0 Å². The molecule has 0 aliphatic carbocycles. The van der Waals surface area contributed by atoms with Crippen LogP contribution in [-0.2, 0) is 22.6 Å². The molecule has 0 radical (unpaired) electrons. The summed E-state index contributed by atoms with van der Waals surface area (Å²) in [6, 6.07) is 7.19. The predicted octanol–water partition coefficient (Wildman–Crippen LogP) is 1.69. The number of ketones is 1. The van der Waals surface area contributed by atoms with Crippen LogP contribution in [0.15, 0.2) is 30.5 Å². The number of nitrogens with two attached hydrogens (primary N) is 1. The lowest BCUT2D eigenvalue weighted by Crippen LogP contribution is -2.14. The van der Waals surface area contributed by atoms with Crippen LogP contribution in [0.4, 0.5) is 0 Å². The van der Waals surface area contributed by atoms with Crippen LogP contribution in [-0.4, -0.2) is 53.7 Å². The van der Waals surface area contributed by atoms with E-state index in [1.807, 2.05) is 32.2 Å². The molecule has 1 heterocycles. The maximum absolute atomic E-state index is 12.1. The van der Waals surface area contributed by atoms with Crippen LogP contribution in [0.25, 0.3) is 0 Å². The minimum Gasteiger partial charge on any atom is -0.487 e. The Hall–Kier alpha value is -2.29. The molecule has 0 aliphatic heterocycles. The normalized spacial score (nSPS) is 11.1. The Morgan fingerprint density at radius 3 is 2.70 bits per heavy atom. The molecule has 0 aliphatic rings. The molecule has 2 aromatic rings. The molecule has 8 heteroatoms. The van der Waals surface area contributed by atoms with Crippen LogP contribution < -0.4 is 10.5 Å². The lowest BCUT2D eigenvalue weighted by molar-refractivity contribution is 0.0466. The van der Waals surface area contributed by atoms with Gasteiger partial charge in [0.15, 0.2) is 5.78 Å². The summed E-state index contributed by atoms with van der Waals surface area (Å²) in [6.45, 7) is 7.29. The van der Waals surface area contributed by atoms with E-state index in [0.29, 0.717) is 56.5 Å². The lowest BCUT2D eigenvalue weighted by Gasteiger charge is -2.07. The van der Waals surface area contributed by atoms with Gasteiger partial charge < -0.3 is 19.9 Å². The van der Waals surface area contributed by atoms with Crippen molar-refractivity contribution in [2.75, 3.05) is 33.0 Å². The van der Waals surface area contributed by atoms with E-state index in [1.54, 1.807) is 16.8 Å². The van der Waals surface area contributed by atoms with E-state index in [4.69, 9.17) is 19.9 Å². The third-order valence-corrected chi connectivity index (χ3v) is 3.71. The molecule has 0 saturated heterocycles. The smallest absolute Gasteiger partial charge is 0.165 e.